The Hall–Kier alpha value is -3.03. The minimum absolute atomic E-state index is 0.0128. The Kier molecular flexibility index (Phi) is 6.41. The Bertz CT molecular complexity index is 818. The predicted molar refractivity (Wildman–Crippen MR) is 106 cm³/mol. The number of hydrogen-bond acceptors (Lipinski definition) is 5. The third-order valence-corrected chi connectivity index (χ3v) is 5.09. The average Bonchev–Trinajstić information content (AvgIpc) is 3.10. The van der Waals surface area contributed by atoms with E-state index in [4.69, 9.17) is 9.47 Å². The maximum absolute atomic E-state index is 12.8. The summed E-state index contributed by atoms with van der Waals surface area (Å²) in [7, 11) is 1.72. The molecule has 8 nitrogen and oxygen atoms in total. The lowest BCUT2D eigenvalue weighted by Crippen LogP contribution is -2.50. The zero-order chi connectivity index (χ0) is 21.0. The highest BCUT2D eigenvalue weighted by Crippen LogP contribution is 2.35. The highest BCUT2D eigenvalue weighted by molar-refractivity contribution is 5.98. The van der Waals surface area contributed by atoms with Gasteiger partial charge < -0.3 is 19.7 Å². The van der Waals surface area contributed by atoms with Crippen LogP contribution in [0.4, 0.5) is 4.79 Å². The molecule has 8 heteroatoms. The van der Waals surface area contributed by atoms with Crippen molar-refractivity contribution in [2.45, 2.75) is 32.7 Å². The van der Waals surface area contributed by atoms with Crippen LogP contribution in [0.2, 0.25) is 0 Å². The Morgan fingerprint density at radius 3 is 2.66 bits per heavy atom. The zero-order valence-electron chi connectivity index (χ0n) is 17.1. The molecular formula is C21H27N3O5. The van der Waals surface area contributed by atoms with Gasteiger partial charge in [-0.15, -0.1) is 0 Å². The molecule has 0 saturated carbocycles. The molecule has 1 aromatic rings. The molecular weight excluding hydrogens is 374 g/mol. The van der Waals surface area contributed by atoms with E-state index in [2.05, 4.69) is 12.2 Å². The van der Waals surface area contributed by atoms with Crippen LogP contribution in [0.15, 0.2) is 35.5 Å². The molecule has 0 saturated heterocycles. The number of ether oxygens (including phenoxy) is 2. The molecule has 0 radical (unpaired) electrons. The van der Waals surface area contributed by atoms with Crippen LogP contribution >= 0.6 is 0 Å². The van der Waals surface area contributed by atoms with Crippen molar-refractivity contribution in [1.29, 1.82) is 0 Å². The van der Waals surface area contributed by atoms with E-state index >= 15 is 0 Å². The van der Waals surface area contributed by atoms with Gasteiger partial charge in [0.25, 0.3) is 0 Å². The number of amides is 3. The van der Waals surface area contributed by atoms with E-state index < -0.39 is 18.0 Å². The molecule has 2 aliphatic heterocycles. The molecule has 29 heavy (non-hydrogen) atoms. The van der Waals surface area contributed by atoms with Crippen molar-refractivity contribution in [2.75, 3.05) is 33.4 Å². The zero-order valence-corrected chi connectivity index (χ0v) is 17.1. The first-order valence-corrected chi connectivity index (χ1v) is 9.91. The summed E-state index contributed by atoms with van der Waals surface area (Å²) >= 11 is 0. The number of urea groups is 1. The van der Waals surface area contributed by atoms with Crippen molar-refractivity contribution in [1.82, 2.24) is 15.1 Å². The maximum Gasteiger partial charge on any atom is 0.338 e. The fourth-order valence-corrected chi connectivity index (χ4v) is 3.43. The smallest absolute Gasteiger partial charge is 0.338 e. The molecule has 3 rings (SSSR count). The third-order valence-electron chi connectivity index (χ3n) is 5.09. The summed E-state index contributed by atoms with van der Waals surface area (Å²) in [6.07, 6.45) is 1.87. The van der Waals surface area contributed by atoms with Crippen molar-refractivity contribution in [3.8, 4) is 5.75 Å². The van der Waals surface area contributed by atoms with Gasteiger partial charge in [-0.25, -0.2) is 9.59 Å². The number of benzene rings is 1. The molecule has 1 atom stereocenters. The Morgan fingerprint density at radius 2 is 2.00 bits per heavy atom. The molecule has 0 fully saturated rings. The predicted octanol–water partition coefficient (Wildman–Crippen LogP) is 2.22. The summed E-state index contributed by atoms with van der Waals surface area (Å²) in [6.45, 7) is 4.99. The summed E-state index contributed by atoms with van der Waals surface area (Å²) in [5.74, 6) is 0.0546. The summed E-state index contributed by atoms with van der Waals surface area (Å²) < 4.78 is 10.6. The van der Waals surface area contributed by atoms with Crippen molar-refractivity contribution >= 4 is 17.9 Å². The molecule has 0 bridgehead atoms. The number of likely N-dealkylation sites (N-methyl/N-ethyl adjacent to an activating group) is 1. The van der Waals surface area contributed by atoms with Gasteiger partial charge in [0.2, 0.25) is 5.91 Å². The fourth-order valence-electron chi connectivity index (χ4n) is 3.43. The Balaban J connectivity index is 1.84. The Morgan fingerprint density at radius 1 is 1.28 bits per heavy atom. The highest BCUT2D eigenvalue weighted by Gasteiger charge is 2.42. The second-order valence-electron chi connectivity index (χ2n) is 7.08. The first-order chi connectivity index (χ1) is 14.0. The lowest BCUT2D eigenvalue weighted by Gasteiger charge is -2.33. The van der Waals surface area contributed by atoms with Gasteiger partial charge in [-0.3, -0.25) is 9.69 Å². The van der Waals surface area contributed by atoms with Crippen LogP contribution in [-0.4, -0.2) is 61.1 Å². The monoisotopic (exact) mass is 401 g/mol. The number of carbonyl (C=O) groups excluding carboxylic acids is 3. The molecule has 1 N–H and O–H groups in total. The summed E-state index contributed by atoms with van der Waals surface area (Å²) in [6, 6.07) is 6.18. The van der Waals surface area contributed by atoms with E-state index in [1.165, 1.54) is 4.90 Å². The molecule has 1 aromatic carbocycles. The van der Waals surface area contributed by atoms with Crippen molar-refractivity contribution in [2.24, 2.45) is 0 Å². The molecule has 0 aromatic heterocycles. The fraction of sp³-hybridized carbons (Fsp3) is 0.476. The van der Waals surface area contributed by atoms with Gasteiger partial charge in [0, 0.05) is 13.6 Å². The van der Waals surface area contributed by atoms with E-state index in [-0.39, 0.29) is 19.1 Å². The molecule has 3 amide bonds. The second kappa shape index (κ2) is 8.98. The van der Waals surface area contributed by atoms with E-state index in [1.54, 1.807) is 24.1 Å². The highest BCUT2D eigenvalue weighted by atomic mass is 16.5. The molecule has 0 aliphatic carbocycles. The van der Waals surface area contributed by atoms with Crippen LogP contribution in [0, 0.1) is 0 Å². The lowest BCUT2D eigenvalue weighted by atomic mass is 9.95. The number of esters is 1. The summed E-state index contributed by atoms with van der Waals surface area (Å²) in [4.78, 5) is 40.6. The molecule has 0 spiro atoms. The number of unbranched alkanes of at least 4 members (excludes halogenated alkanes) is 1. The number of nitrogens with one attached hydrogen (secondary N) is 1. The van der Waals surface area contributed by atoms with Gasteiger partial charge >= 0.3 is 12.0 Å². The van der Waals surface area contributed by atoms with E-state index in [0.29, 0.717) is 30.2 Å². The van der Waals surface area contributed by atoms with E-state index in [9.17, 15) is 14.4 Å². The molecule has 2 heterocycles. The number of cyclic esters (lactones) is 1. The topological polar surface area (TPSA) is 88.2 Å². The molecule has 0 unspecified atom stereocenters. The second-order valence-corrected chi connectivity index (χ2v) is 7.08. The van der Waals surface area contributed by atoms with E-state index in [0.717, 1.165) is 18.4 Å². The van der Waals surface area contributed by atoms with Gasteiger partial charge in [0.1, 0.15) is 18.9 Å². The first-order valence-electron chi connectivity index (χ1n) is 9.91. The normalized spacial score (nSPS) is 18.3. The largest absolute Gasteiger partial charge is 0.494 e. The maximum atomic E-state index is 12.8. The lowest BCUT2D eigenvalue weighted by molar-refractivity contribution is -0.136. The van der Waals surface area contributed by atoms with Crippen molar-refractivity contribution in [3.63, 3.8) is 0 Å². The van der Waals surface area contributed by atoms with Crippen LogP contribution in [-0.2, 0) is 14.3 Å². The minimum Gasteiger partial charge on any atom is -0.494 e. The van der Waals surface area contributed by atoms with Gasteiger partial charge in [-0.05, 0) is 31.0 Å². The quantitative estimate of drug-likeness (QED) is 0.675. The van der Waals surface area contributed by atoms with Crippen LogP contribution < -0.4 is 10.1 Å². The third kappa shape index (κ3) is 4.36. The average molecular weight is 401 g/mol. The van der Waals surface area contributed by atoms with Gasteiger partial charge in [-0.2, -0.15) is 0 Å². The van der Waals surface area contributed by atoms with Gasteiger partial charge in [0.15, 0.2) is 0 Å². The number of rotatable bonds is 8. The molecule has 2 aliphatic rings. The van der Waals surface area contributed by atoms with Crippen LogP contribution in [0.5, 0.6) is 5.75 Å². The minimum atomic E-state index is -0.618. The summed E-state index contributed by atoms with van der Waals surface area (Å²) in [5, 5.41) is 2.84. The number of carbonyl (C=O) groups is 3. The first kappa shape index (κ1) is 20.7. The van der Waals surface area contributed by atoms with Gasteiger partial charge in [-0.1, -0.05) is 25.5 Å². The Labute approximate surface area is 170 Å². The van der Waals surface area contributed by atoms with Crippen molar-refractivity contribution in [3.05, 3.63) is 41.1 Å². The number of nitrogens with zero attached hydrogens (tertiary/aromatic N) is 2. The van der Waals surface area contributed by atoms with E-state index in [1.807, 2.05) is 19.1 Å². The number of hydrogen-bond donors (Lipinski definition) is 1. The SMILES string of the molecule is CCCCN(C)C(=O)CN1C(=O)N[C@H](c2ccc(OCC)cc2)C2=C1COC2=O. The summed E-state index contributed by atoms with van der Waals surface area (Å²) in [5.41, 5.74) is 1.58. The van der Waals surface area contributed by atoms with Crippen LogP contribution in [0.1, 0.15) is 38.3 Å². The van der Waals surface area contributed by atoms with Crippen LogP contribution in [0.25, 0.3) is 0 Å². The molecule has 156 valence electrons. The standard InChI is InChI=1S/C21H27N3O5/c1-4-6-11-23(3)17(25)12-24-16-13-29-20(26)18(16)19(22-21(24)27)14-7-9-15(10-8-14)28-5-2/h7-10,19H,4-6,11-13H2,1-3H3,(H,22,27)/t19-/m1/s1. The van der Waals surface area contributed by atoms with Crippen LogP contribution in [0.3, 0.4) is 0 Å². The van der Waals surface area contributed by atoms with Gasteiger partial charge in [0.05, 0.1) is 23.9 Å². The van der Waals surface area contributed by atoms with Crippen molar-refractivity contribution < 1.29 is 23.9 Å².